The number of pyridine rings is 1. The van der Waals surface area contributed by atoms with E-state index in [9.17, 15) is 19.2 Å². The van der Waals surface area contributed by atoms with Gasteiger partial charge < -0.3 is 44.0 Å². The first-order chi connectivity index (χ1) is 38.0. The second-order valence-corrected chi connectivity index (χ2v) is 23.1. The molecule has 426 valence electrons. The molecule has 19 nitrogen and oxygen atoms in total. The van der Waals surface area contributed by atoms with E-state index in [1.165, 1.54) is 4.88 Å². The number of anilines is 1. The van der Waals surface area contributed by atoms with Gasteiger partial charge in [0.1, 0.15) is 10.8 Å². The maximum atomic E-state index is 13.4. The van der Waals surface area contributed by atoms with Crippen molar-refractivity contribution in [3.8, 4) is 11.1 Å². The molecule has 5 aromatic rings. The average molecular weight is 1140 g/mol. The zero-order valence-corrected chi connectivity index (χ0v) is 48.9. The lowest BCUT2D eigenvalue weighted by Gasteiger charge is -2.30. The summed E-state index contributed by atoms with van der Waals surface area (Å²) in [4.78, 5) is 58.9. The number of carbonyl (C=O) groups excluding carboxylic acids is 4. The van der Waals surface area contributed by atoms with E-state index in [-0.39, 0.29) is 43.3 Å². The van der Waals surface area contributed by atoms with Gasteiger partial charge in [0.15, 0.2) is 0 Å². The van der Waals surface area contributed by atoms with E-state index in [2.05, 4.69) is 88.1 Å². The van der Waals surface area contributed by atoms with Gasteiger partial charge in [0.2, 0.25) is 12.7 Å². The molecule has 2 aromatic carbocycles. The molecule has 2 aliphatic heterocycles. The number of rotatable bonds is 26. The van der Waals surface area contributed by atoms with Crippen molar-refractivity contribution >= 4 is 87.9 Å². The number of thiophene rings is 1. The van der Waals surface area contributed by atoms with E-state index in [0.717, 1.165) is 74.9 Å². The number of carbonyl (C=O) groups is 4. The molecule has 2 aliphatic rings. The second kappa shape index (κ2) is 31.1. The van der Waals surface area contributed by atoms with Crippen LogP contribution in [0.1, 0.15) is 91.4 Å². The Labute approximate surface area is 476 Å². The smallest absolute Gasteiger partial charge is 0.313 e. The number of piperidine rings is 1. The summed E-state index contributed by atoms with van der Waals surface area (Å²) in [6.45, 7) is 22.8. The molecular formula is C57H74ClN9O10S2. The van der Waals surface area contributed by atoms with Crippen molar-refractivity contribution in [2.45, 2.75) is 91.2 Å². The number of methoxy groups -OCH3 is 1. The van der Waals surface area contributed by atoms with Gasteiger partial charge in [0, 0.05) is 89.8 Å². The zero-order valence-electron chi connectivity index (χ0n) is 46.5. The van der Waals surface area contributed by atoms with Crippen LogP contribution in [0.2, 0.25) is 5.02 Å². The first kappa shape index (κ1) is 62.2. The average Bonchev–Trinajstić information content (AvgIpc) is 4.01. The Balaban J connectivity index is 0.00000193. The van der Waals surface area contributed by atoms with E-state index in [1.807, 2.05) is 61.7 Å². The molecule has 0 aliphatic carbocycles. The number of benzene rings is 2. The summed E-state index contributed by atoms with van der Waals surface area (Å²) in [6, 6.07) is 16.7. The van der Waals surface area contributed by atoms with Crippen molar-refractivity contribution in [1.82, 2.24) is 24.6 Å². The second-order valence-electron chi connectivity index (χ2n) is 20.3. The fourth-order valence-electron chi connectivity index (χ4n) is 8.41. The third-order valence-corrected chi connectivity index (χ3v) is 15.0. The SMILES string of the molecule is C=N/N=C(/C)N1C[C@H](CC(=O)NCCOCCOCCOCCNC(=O)c2ccc(-c3ccn4ncc(CC(=O)OCOC=O)c4c3)c(SN3CCC(OC)CC3)c2)N=C(c2ccc(Cl)cc2)c2c1sc(C)c2C.CC(C)(C)C. The van der Waals surface area contributed by atoms with Crippen LogP contribution in [0.5, 0.6) is 0 Å². The standard InChI is InChI=1S/C52H62ClN9O10S2.C5H12/c1-34-35(2)73-52-49(34)50(37-6-9-41(53)10-7-37)58-42(31-61(52)36(3)59-54-4)29-47(64)55-15-20-68-22-24-70-25-23-69-21-16-56-51(66)39-8-11-44(46(27-39)74-60-17-13-43(67-5)14-18-60)38-12-19-62-45(26-38)40(30-57-62)28-48(65)72-33-71-32-63;1-5(2,3)4/h6-12,19,26-27,30,32,42-43H,4,13-18,20-25,28-29,31,33H2,1-3,5H3,(H,55,64)(H,56,66);1-4H3/b59-36-;/t42-;/m0./s1. The number of aliphatic imine (C=N–C) groups is 1. The van der Waals surface area contributed by atoms with Crippen molar-refractivity contribution < 1.29 is 47.6 Å². The van der Waals surface area contributed by atoms with Crippen molar-refractivity contribution in [3.63, 3.8) is 0 Å². The maximum absolute atomic E-state index is 13.4. The van der Waals surface area contributed by atoms with Crippen LogP contribution in [0.4, 0.5) is 5.00 Å². The minimum absolute atomic E-state index is 0.0578. The first-order valence-electron chi connectivity index (χ1n) is 26.2. The minimum Gasteiger partial charge on any atom is -0.430 e. The quantitative estimate of drug-likeness (QED) is 0.00776. The number of fused-ring (bicyclic) bond motifs is 2. The third-order valence-electron chi connectivity index (χ3n) is 12.4. The van der Waals surface area contributed by atoms with Crippen LogP contribution in [0.3, 0.4) is 0 Å². The molecule has 2 N–H and O–H groups in total. The van der Waals surface area contributed by atoms with Crippen LogP contribution in [-0.4, -0.2) is 155 Å². The van der Waals surface area contributed by atoms with Gasteiger partial charge in [-0.1, -0.05) is 57.5 Å². The van der Waals surface area contributed by atoms with Crippen LogP contribution < -0.4 is 15.5 Å². The predicted octanol–water partition coefficient (Wildman–Crippen LogP) is 8.77. The van der Waals surface area contributed by atoms with E-state index in [1.54, 1.807) is 47.2 Å². The van der Waals surface area contributed by atoms with Gasteiger partial charge in [0.25, 0.3) is 12.4 Å². The van der Waals surface area contributed by atoms with Crippen LogP contribution in [0.15, 0.2) is 87.1 Å². The molecule has 3 aromatic heterocycles. The molecular weight excluding hydrogens is 1070 g/mol. The van der Waals surface area contributed by atoms with Gasteiger partial charge in [-0.05, 0) is 104 Å². The maximum Gasteiger partial charge on any atom is 0.313 e. The monoisotopic (exact) mass is 1140 g/mol. The van der Waals surface area contributed by atoms with Gasteiger partial charge in [-0.3, -0.25) is 24.2 Å². The molecule has 79 heavy (non-hydrogen) atoms. The van der Waals surface area contributed by atoms with E-state index >= 15 is 0 Å². The summed E-state index contributed by atoms with van der Waals surface area (Å²) in [5.41, 5.74) is 8.01. The summed E-state index contributed by atoms with van der Waals surface area (Å²) in [6.07, 6.45) is 5.54. The van der Waals surface area contributed by atoms with E-state index in [4.69, 9.17) is 40.3 Å². The van der Waals surface area contributed by atoms with Gasteiger partial charge in [0.05, 0.1) is 82.1 Å². The largest absolute Gasteiger partial charge is 0.430 e. The van der Waals surface area contributed by atoms with Gasteiger partial charge >= 0.3 is 5.97 Å². The predicted molar refractivity (Wildman–Crippen MR) is 312 cm³/mol. The Kier molecular flexibility index (Phi) is 24.5. The lowest BCUT2D eigenvalue weighted by molar-refractivity contribution is -0.159. The summed E-state index contributed by atoms with van der Waals surface area (Å²) >= 11 is 9.51. The molecule has 1 saturated heterocycles. The number of hydrogen-bond acceptors (Lipinski definition) is 17. The lowest BCUT2D eigenvalue weighted by atomic mass is 9.99. The Hall–Kier alpha value is -6.04. The van der Waals surface area contributed by atoms with Crippen molar-refractivity contribution in [3.05, 3.63) is 105 Å². The molecule has 0 radical (unpaired) electrons. The summed E-state index contributed by atoms with van der Waals surface area (Å²) < 4.78 is 36.1. The molecule has 2 amide bonds. The highest BCUT2D eigenvalue weighted by molar-refractivity contribution is 7.97. The van der Waals surface area contributed by atoms with Crippen LogP contribution in [0.25, 0.3) is 16.6 Å². The zero-order chi connectivity index (χ0) is 56.9. The number of amidine groups is 1. The minimum atomic E-state index is -0.556. The fourth-order valence-corrected chi connectivity index (χ4v) is 10.9. The summed E-state index contributed by atoms with van der Waals surface area (Å²) in [7, 11) is 1.74. The third kappa shape index (κ3) is 19.3. The molecule has 7 rings (SSSR count). The number of esters is 1. The van der Waals surface area contributed by atoms with E-state index < -0.39 is 12.8 Å². The van der Waals surface area contributed by atoms with Crippen LogP contribution in [-0.2, 0) is 49.2 Å². The normalized spacial score (nSPS) is 15.1. The number of nitrogens with one attached hydrogen (secondary N) is 2. The highest BCUT2D eigenvalue weighted by Crippen LogP contribution is 2.40. The van der Waals surface area contributed by atoms with E-state index in [0.29, 0.717) is 86.7 Å². The van der Waals surface area contributed by atoms with Crippen molar-refractivity contribution in [2.75, 3.05) is 91.2 Å². The number of aromatic nitrogens is 2. The lowest BCUT2D eigenvalue weighted by Crippen LogP contribution is -2.38. The van der Waals surface area contributed by atoms with Gasteiger partial charge in [-0.2, -0.15) is 10.2 Å². The number of hydrogen-bond donors (Lipinski definition) is 2. The number of aryl methyl sites for hydroxylation is 1. The molecule has 5 heterocycles. The van der Waals surface area contributed by atoms with Gasteiger partial charge in [-0.25, -0.2) is 8.82 Å². The van der Waals surface area contributed by atoms with Crippen LogP contribution in [0, 0.1) is 19.3 Å². The molecule has 1 atom stereocenters. The Morgan fingerprint density at radius 3 is 2.25 bits per heavy atom. The topological polar surface area (TPSA) is 209 Å². The summed E-state index contributed by atoms with van der Waals surface area (Å²) in [5.74, 6) is -0.267. The number of ether oxygens (including phenoxy) is 6. The fraction of sp³-hybridized carbons (Fsp3) is 0.474. The highest BCUT2D eigenvalue weighted by atomic mass is 35.5. The Morgan fingerprint density at radius 1 is 0.924 bits per heavy atom. The number of amides is 2. The molecule has 1 fully saturated rings. The first-order valence-corrected chi connectivity index (χ1v) is 28.2. The molecule has 0 saturated carbocycles. The van der Waals surface area contributed by atoms with Gasteiger partial charge in [-0.15, -0.1) is 16.4 Å². The molecule has 0 unspecified atom stereocenters. The highest BCUT2D eigenvalue weighted by Gasteiger charge is 2.31. The number of nitrogens with zero attached hydrogens (tertiary/aromatic N) is 7. The van der Waals surface area contributed by atoms with Crippen LogP contribution >= 0.6 is 34.9 Å². The molecule has 0 bridgehead atoms. The molecule has 0 spiro atoms. The molecule has 22 heteroatoms. The Bertz CT molecular complexity index is 2890. The summed E-state index contributed by atoms with van der Waals surface area (Å²) in [5, 5.41) is 20.0. The Morgan fingerprint density at radius 2 is 1.59 bits per heavy atom. The van der Waals surface area contributed by atoms with Crippen molar-refractivity contribution in [1.29, 1.82) is 0 Å². The number of halogens is 1. The van der Waals surface area contributed by atoms with Crippen molar-refractivity contribution in [2.24, 2.45) is 20.6 Å².